The van der Waals surface area contributed by atoms with Crippen LogP contribution in [0.3, 0.4) is 0 Å². The van der Waals surface area contributed by atoms with E-state index in [9.17, 15) is 14.7 Å². The van der Waals surface area contributed by atoms with Crippen LogP contribution in [-0.4, -0.2) is 38.8 Å². The molecular weight excluding hydrogens is 326 g/mol. The van der Waals surface area contributed by atoms with Crippen molar-refractivity contribution in [1.82, 2.24) is 14.9 Å². The number of carboxylic acids is 1. The third-order valence-corrected chi connectivity index (χ3v) is 4.65. The van der Waals surface area contributed by atoms with Crippen molar-refractivity contribution in [3.05, 3.63) is 30.1 Å². The summed E-state index contributed by atoms with van der Waals surface area (Å²) < 4.78 is 1.86. The number of hydrogen-bond acceptors (Lipinski definition) is 4. The first-order valence-electron chi connectivity index (χ1n) is 7.93. The average molecular weight is 349 g/mol. The number of benzene rings is 1. The molecule has 7 heteroatoms. The number of aromatic nitrogens is 2. The molecule has 0 saturated carbocycles. The Bertz CT molecular complexity index is 729. The lowest BCUT2D eigenvalue weighted by atomic mass is 9.99. The minimum Gasteiger partial charge on any atom is -0.480 e. The van der Waals surface area contributed by atoms with E-state index in [2.05, 4.69) is 10.3 Å². The molecule has 0 radical (unpaired) electrons. The maximum atomic E-state index is 12.4. The summed E-state index contributed by atoms with van der Waals surface area (Å²) in [6.07, 6.45) is 2.66. The number of rotatable bonds is 8. The van der Waals surface area contributed by atoms with Crippen LogP contribution >= 0.6 is 11.8 Å². The second-order valence-corrected chi connectivity index (χ2v) is 6.67. The Hall–Kier alpha value is -2.02. The van der Waals surface area contributed by atoms with Gasteiger partial charge in [0.05, 0.1) is 16.8 Å². The van der Waals surface area contributed by atoms with E-state index in [0.717, 1.165) is 16.9 Å². The Morgan fingerprint density at radius 1 is 1.38 bits per heavy atom. The first kappa shape index (κ1) is 18.3. The van der Waals surface area contributed by atoms with Gasteiger partial charge in [-0.05, 0) is 24.3 Å². The van der Waals surface area contributed by atoms with Gasteiger partial charge in [0.1, 0.15) is 18.4 Å². The monoisotopic (exact) mass is 349 g/mol. The second-order valence-electron chi connectivity index (χ2n) is 5.80. The van der Waals surface area contributed by atoms with E-state index in [-0.39, 0.29) is 18.4 Å². The van der Waals surface area contributed by atoms with Crippen LogP contribution in [-0.2, 0) is 21.9 Å². The summed E-state index contributed by atoms with van der Waals surface area (Å²) in [4.78, 5) is 28.4. The molecule has 0 aliphatic carbocycles. The van der Waals surface area contributed by atoms with Gasteiger partial charge in [0.15, 0.2) is 0 Å². The number of hydrogen-bond donors (Lipinski definition) is 2. The molecule has 0 aliphatic heterocycles. The molecular formula is C17H23N3O3S. The van der Waals surface area contributed by atoms with Crippen LogP contribution in [0.2, 0.25) is 0 Å². The van der Waals surface area contributed by atoms with Gasteiger partial charge in [-0.3, -0.25) is 4.79 Å². The number of carboxylic acid groups (broad SMARTS) is 1. The van der Waals surface area contributed by atoms with Crippen molar-refractivity contribution in [3.63, 3.8) is 0 Å². The van der Waals surface area contributed by atoms with Crippen molar-refractivity contribution in [2.45, 2.75) is 38.6 Å². The lowest BCUT2D eigenvalue weighted by Crippen LogP contribution is -2.46. The zero-order valence-electron chi connectivity index (χ0n) is 14.2. The van der Waals surface area contributed by atoms with Crippen molar-refractivity contribution in [1.29, 1.82) is 0 Å². The number of nitrogens with zero attached hydrogens (tertiary/aromatic N) is 2. The summed E-state index contributed by atoms with van der Waals surface area (Å²) in [7, 11) is 0. The van der Waals surface area contributed by atoms with E-state index in [1.807, 2.05) is 48.9 Å². The number of thioether (sulfide) groups is 1. The fourth-order valence-electron chi connectivity index (χ4n) is 2.59. The first-order chi connectivity index (χ1) is 11.5. The largest absolute Gasteiger partial charge is 0.480 e. The summed E-state index contributed by atoms with van der Waals surface area (Å²) in [6.45, 7) is 3.80. The smallest absolute Gasteiger partial charge is 0.326 e. The zero-order valence-corrected chi connectivity index (χ0v) is 15.0. The highest BCUT2D eigenvalue weighted by Gasteiger charge is 2.25. The molecule has 1 amide bonds. The van der Waals surface area contributed by atoms with E-state index >= 15 is 0 Å². The third-order valence-electron chi connectivity index (χ3n) is 4.10. The molecule has 24 heavy (non-hydrogen) atoms. The van der Waals surface area contributed by atoms with Crippen LogP contribution in [0.1, 0.15) is 26.1 Å². The molecule has 0 fully saturated rings. The van der Waals surface area contributed by atoms with E-state index in [1.165, 1.54) is 0 Å². The van der Waals surface area contributed by atoms with Gasteiger partial charge < -0.3 is 15.0 Å². The Labute approximate surface area is 145 Å². The normalized spacial score (nSPS) is 13.6. The van der Waals surface area contributed by atoms with E-state index in [0.29, 0.717) is 12.2 Å². The molecule has 1 aromatic heterocycles. The van der Waals surface area contributed by atoms with E-state index in [1.54, 1.807) is 11.8 Å². The molecule has 0 saturated heterocycles. The minimum absolute atomic E-state index is 0.0661. The van der Waals surface area contributed by atoms with Crippen LogP contribution in [0.25, 0.3) is 11.0 Å². The summed E-state index contributed by atoms with van der Waals surface area (Å²) in [5.41, 5.74) is 1.72. The van der Waals surface area contributed by atoms with Crippen LogP contribution in [0, 0.1) is 5.92 Å². The van der Waals surface area contributed by atoms with Crippen LogP contribution in [0.4, 0.5) is 0 Å². The van der Waals surface area contributed by atoms with Gasteiger partial charge in [-0.15, -0.1) is 0 Å². The fraction of sp³-hybridized carbons (Fsp3) is 0.471. The Kier molecular flexibility index (Phi) is 6.25. The van der Waals surface area contributed by atoms with Gasteiger partial charge in [-0.25, -0.2) is 9.78 Å². The number of nitrogens with one attached hydrogen (secondary N) is 1. The molecule has 2 unspecified atom stereocenters. The standard InChI is InChI=1S/C17H23N3O3S/c1-4-11(2)16(17(22)23)19-15(21)9-20-13-8-6-5-7-12(13)18-14(20)10-24-3/h5-8,11,16H,4,9-10H2,1-3H3,(H,19,21)(H,22,23). The van der Waals surface area contributed by atoms with E-state index < -0.39 is 12.0 Å². The quantitative estimate of drug-likeness (QED) is 0.765. The maximum absolute atomic E-state index is 12.4. The lowest BCUT2D eigenvalue weighted by Gasteiger charge is -2.20. The molecule has 0 aliphatic rings. The Balaban J connectivity index is 2.23. The summed E-state index contributed by atoms with van der Waals surface area (Å²) >= 11 is 1.63. The van der Waals surface area contributed by atoms with Gasteiger partial charge in [0.25, 0.3) is 0 Å². The van der Waals surface area contributed by atoms with Gasteiger partial charge in [0.2, 0.25) is 5.91 Å². The number of fused-ring (bicyclic) bond motifs is 1. The number of carbonyl (C=O) groups excluding carboxylic acids is 1. The summed E-state index contributed by atoms with van der Waals surface area (Å²) in [6, 6.07) is 6.77. The molecule has 1 aromatic carbocycles. The summed E-state index contributed by atoms with van der Waals surface area (Å²) in [5, 5.41) is 12.0. The molecule has 0 bridgehead atoms. The SMILES string of the molecule is CCC(C)C(NC(=O)Cn1c(CSC)nc2ccccc21)C(=O)O. The average Bonchev–Trinajstić information content (AvgIpc) is 2.89. The third kappa shape index (κ3) is 4.08. The summed E-state index contributed by atoms with van der Waals surface area (Å²) in [5.74, 6) is 0.0621. The highest BCUT2D eigenvalue weighted by molar-refractivity contribution is 7.97. The zero-order chi connectivity index (χ0) is 17.7. The molecule has 1 heterocycles. The highest BCUT2D eigenvalue weighted by atomic mass is 32.2. The molecule has 130 valence electrons. The van der Waals surface area contributed by atoms with Crippen molar-refractivity contribution < 1.29 is 14.7 Å². The lowest BCUT2D eigenvalue weighted by molar-refractivity contribution is -0.143. The van der Waals surface area contributed by atoms with Crippen LogP contribution in [0.15, 0.2) is 24.3 Å². The van der Waals surface area contributed by atoms with Crippen molar-refractivity contribution >= 4 is 34.7 Å². The van der Waals surface area contributed by atoms with Crippen molar-refractivity contribution in [3.8, 4) is 0 Å². The Morgan fingerprint density at radius 2 is 2.08 bits per heavy atom. The number of amides is 1. The van der Waals surface area contributed by atoms with Crippen molar-refractivity contribution in [2.24, 2.45) is 5.92 Å². The highest BCUT2D eigenvalue weighted by Crippen LogP contribution is 2.19. The van der Waals surface area contributed by atoms with Crippen LogP contribution < -0.4 is 5.32 Å². The number of carbonyl (C=O) groups is 2. The molecule has 2 rings (SSSR count). The second kappa shape index (κ2) is 8.19. The topological polar surface area (TPSA) is 84.2 Å². The fourth-order valence-corrected chi connectivity index (χ4v) is 3.07. The Morgan fingerprint density at radius 3 is 2.71 bits per heavy atom. The number of para-hydroxylation sites is 2. The molecule has 2 N–H and O–H groups in total. The molecule has 2 atom stereocenters. The number of imidazole rings is 1. The molecule has 0 spiro atoms. The van der Waals surface area contributed by atoms with Crippen LogP contribution in [0.5, 0.6) is 0 Å². The molecule has 2 aromatic rings. The van der Waals surface area contributed by atoms with Gasteiger partial charge in [0, 0.05) is 0 Å². The van der Waals surface area contributed by atoms with Gasteiger partial charge >= 0.3 is 5.97 Å². The predicted octanol–water partition coefficient (Wildman–Crippen LogP) is 2.51. The predicted molar refractivity (Wildman–Crippen MR) is 96.0 cm³/mol. The molecule has 6 nitrogen and oxygen atoms in total. The van der Waals surface area contributed by atoms with E-state index in [4.69, 9.17) is 0 Å². The first-order valence-corrected chi connectivity index (χ1v) is 9.32. The minimum atomic E-state index is -1.00. The van der Waals surface area contributed by atoms with Gasteiger partial charge in [-0.2, -0.15) is 11.8 Å². The number of aliphatic carboxylic acids is 1. The van der Waals surface area contributed by atoms with Gasteiger partial charge in [-0.1, -0.05) is 32.4 Å². The maximum Gasteiger partial charge on any atom is 0.326 e. The van der Waals surface area contributed by atoms with Crippen molar-refractivity contribution in [2.75, 3.05) is 6.26 Å².